The number of fused-ring (bicyclic) bond motifs is 6. The molecule has 9 rings (SSSR count). The molecule has 0 aliphatic rings. The topological polar surface area (TPSA) is 61.4 Å². The van der Waals surface area contributed by atoms with Crippen LogP contribution in [0.25, 0.3) is 77.9 Å². The van der Waals surface area contributed by atoms with Gasteiger partial charge in [-0.25, -0.2) is 4.98 Å². The Morgan fingerprint density at radius 1 is 0.409 bits per heavy atom. The van der Waals surface area contributed by atoms with Crippen LogP contribution in [0.15, 0.2) is 146 Å². The first kappa shape index (κ1) is 24.5. The van der Waals surface area contributed by atoms with Gasteiger partial charge >= 0.3 is 0 Å². The van der Waals surface area contributed by atoms with Crippen LogP contribution in [0, 0.1) is 0 Å². The first-order valence-electron chi connectivity index (χ1n) is 14.6. The minimum atomic E-state index is 0.844. The Morgan fingerprint density at radius 2 is 1.02 bits per heavy atom. The predicted molar refractivity (Wildman–Crippen MR) is 177 cm³/mol. The highest BCUT2D eigenvalue weighted by Gasteiger charge is 2.21. The van der Waals surface area contributed by atoms with Gasteiger partial charge in [-0.3, -0.25) is 24.1 Å². The molecule has 0 aliphatic carbocycles. The van der Waals surface area contributed by atoms with Gasteiger partial charge in [-0.15, -0.1) is 0 Å². The van der Waals surface area contributed by atoms with Crippen molar-refractivity contribution in [1.29, 1.82) is 0 Å². The molecule has 6 nitrogen and oxygen atoms in total. The summed E-state index contributed by atoms with van der Waals surface area (Å²) < 4.78 is 4.48. The highest BCUT2D eigenvalue weighted by Crippen LogP contribution is 2.38. The molecule has 0 radical (unpaired) electrons. The predicted octanol–water partition coefficient (Wildman–Crippen LogP) is 8.79. The summed E-state index contributed by atoms with van der Waals surface area (Å²) in [4.78, 5) is 19.7. The van der Waals surface area contributed by atoms with Gasteiger partial charge in [0.15, 0.2) is 0 Å². The summed E-state index contributed by atoms with van der Waals surface area (Å²) >= 11 is 0. The second-order valence-corrected chi connectivity index (χ2v) is 10.8. The lowest BCUT2D eigenvalue weighted by molar-refractivity contribution is 1.11. The van der Waals surface area contributed by atoms with E-state index in [1.54, 1.807) is 0 Å². The van der Waals surface area contributed by atoms with E-state index in [2.05, 4.69) is 98.0 Å². The normalized spacial score (nSPS) is 11.6. The van der Waals surface area contributed by atoms with E-state index in [4.69, 9.17) is 9.97 Å². The van der Waals surface area contributed by atoms with Gasteiger partial charge < -0.3 is 0 Å². The lowest BCUT2D eigenvalue weighted by Crippen LogP contribution is -2.00. The molecular formula is C38H24N6. The molecule has 0 unspecified atom stereocenters. The third-order valence-electron chi connectivity index (χ3n) is 8.24. The summed E-state index contributed by atoms with van der Waals surface area (Å²) in [6.07, 6.45) is 5.51. The Bertz CT molecular complexity index is 2420. The number of benzene rings is 3. The van der Waals surface area contributed by atoms with Gasteiger partial charge in [0.05, 0.1) is 27.9 Å². The highest BCUT2D eigenvalue weighted by atomic mass is 15.1. The summed E-state index contributed by atoms with van der Waals surface area (Å²) in [6, 6.07) is 43.8. The summed E-state index contributed by atoms with van der Waals surface area (Å²) in [5.41, 5.74) is 10.6. The van der Waals surface area contributed by atoms with Crippen molar-refractivity contribution in [3.8, 4) is 33.9 Å². The minimum absolute atomic E-state index is 0.844. The van der Waals surface area contributed by atoms with E-state index < -0.39 is 0 Å². The van der Waals surface area contributed by atoms with Gasteiger partial charge in [-0.05, 0) is 78.9 Å². The van der Waals surface area contributed by atoms with E-state index in [1.807, 2.05) is 67.1 Å². The van der Waals surface area contributed by atoms with Crippen LogP contribution in [0.5, 0.6) is 0 Å². The zero-order valence-electron chi connectivity index (χ0n) is 23.5. The summed E-state index contributed by atoms with van der Waals surface area (Å²) in [5.74, 6) is 0. The van der Waals surface area contributed by atoms with Crippen molar-refractivity contribution < 1.29 is 0 Å². The number of hydrogen-bond acceptors (Lipinski definition) is 4. The van der Waals surface area contributed by atoms with Crippen molar-refractivity contribution in [3.05, 3.63) is 146 Å². The zero-order chi connectivity index (χ0) is 29.0. The second kappa shape index (κ2) is 9.71. The fraction of sp³-hybridized carbons (Fsp3) is 0. The molecule has 6 aromatic heterocycles. The number of pyridine rings is 4. The second-order valence-electron chi connectivity index (χ2n) is 10.8. The zero-order valence-corrected chi connectivity index (χ0v) is 23.5. The quantitative estimate of drug-likeness (QED) is 0.214. The van der Waals surface area contributed by atoms with Crippen LogP contribution in [0.2, 0.25) is 0 Å². The fourth-order valence-electron chi connectivity index (χ4n) is 6.32. The van der Waals surface area contributed by atoms with Crippen LogP contribution < -0.4 is 0 Å². The molecule has 0 saturated heterocycles. The first-order valence-corrected chi connectivity index (χ1v) is 14.6. The molecular weight excluding hydrogens is 540 g/mol. The maximum atomic E-state index is 5.46. The molecule has 0 amide bonds. The molecule has 44 heavy (non-hydrogen) atoms. The Hall–Kier alpha value is -6.14. The monoisotopic (exact) mass is 564 g/mol. The Morgan fingerprint density at radius 3 is 1.75 bits per heavy atom. The van der Waals surface area contributed by atoms with E-state index in [1.165, 1.54) is 0 Å². The number of nitrogens with zero attached hydrogens (tertiary/aromatic N) is 6. The molecule has 0 N–H and O–H groups in total. The third kappa shape index (κ3) is 3.75. The SMILES string of the molecule is c1ccc(-n2c3ccccc3c3cc4c5ncccc5n(-c5cc(-c6ccccn6)cc(-c6ccccn6)c5)c4nc32)cc1. The lowest BCUT2D eigenvalue weighted by Gasteiger charge is -2.13. The maximum Gasteiger partial charge on any atom is 0.149 e. The molecule has 6 heteroatoms. The molecule has 0 aliphatic heterocycles. The Balaban J connectivity index is 1.41. The maximum absolute atomic E-state index is 5.46. The van der Waals surface area contributed by atoms with Gasteiger partial charge in [0.1, 0.15) is 11.3 Å². The van der Waals surface area contributed by atoms with Crippen LogP contribution in [-0.4, -0.2) is 29.1 Å². The van der Waals surface area contributed by atoms with E-state index in [0.717, 1.165) is 77.9 Å². The van der Waals surface area contributed by atoms with Crippen molar-refractivity contribution in [2.24, 2.45) is 0 Å². The van der Waals surface area contributed by atoms with E-state index in [0.29, 0.717) is 0 Å². The molecule has 3 aromatic carbocycles. The van der Waals surface area contributed by atoms with Gasteiger partial charge in [-0.1, -0.05) is 48.5 Å². The van der Waals surface area contributed by atoms with E-state index >= 15 is 0 Å². The van der Waals surface area contributed by atoms with Crippen molar-refractivity contribution >= 4 is 44.0 Å². The van der Waals surface area contributed by atoms with Crippen LogP contribution in [0.3, 0.4) is 0 Å². The average molecular weight is 565 g/mol. The Kier molecular flexibility index (Phi) is 5.40. The number of hydrogen-bond donors (Lipinski definition) is 0. The van der Waals surface area contributed by atoms with Crippen LogP contribution in [-0.2, 0) is 0 Å². The molecule has 0 fully saturated rings. The lowest BCUT2D eigenvalue weighted by atomic mass is 10.0. The standard InChI is InChI=1S/C38H24N6/c1-2-11-27(12-3-1)43-34-16-5-4-13-29(34)30-24-31-36-35(17-10-20-41-36)44(38(31)42-37(30)43)28-22-25(32-14-6-8-18-39-32)21-26(23-28)33-15-7-9-19-40-33/h1-24H. The van der Waals surface area contributed by atoms with Crippen molar-refractivity contribution in [2.75, 3.05) is 0 Å². The molecule has 0 saturated carbocycles. The number of rotatable bonds is 4. The van der Waals surface area contributed by atoms with Gasteiger partial charge in [0.2, 0.25) is 0 Å². The fourth-order valence-corrected chi connectivity index (χ4v) is 6.32. The van der Waals surface area contributed by atoms with Gasteiger partial charge in [0.25, 0.3) is 0 Å². The van der Waals surface area contributed by atoms with Crippen molar-refractivity contribution in [1.82, 2.24) is 29.1 Å². The summed E-state index contributed by atoms with van der Waals surface area (Å²) in [6.45, 7) is 0. The minimum Gasteiger partial charge on any atom is -0.294 e. The van der Waals surface area contributed by atoms with Gasteiger partial charge in [-0.2, -0.15) is 0 Å². The largest absolute Gasteiger partial charge is 0.294 e. The first-order chi connectivity index (χ1) is 21.8. The van der Waals surface area contributed by atoms with Crippen molar-refractivity contribution in [2.45, 2.75) is 0 Å². The summed E-state index contributed by atoms with van der Waals surface area (Å²) in [7, 11) is 0. The molecule has 206 valence electrons. The third-order valence-corrected chi connectivity index (χ3v) is 8.24. The van der Waals surface area contributed by atoms with Crippen LogP contribution in [0.1, 0.15) is 0 Å². The molecule has 0 spiro atoms. The smallest absolute Gasteiger partial charge is 0.149 e. The molecule has 9 aromatic rings. The highest BCUT2D eigenvalue weighted by molar-refractivity contribution is 6.15. The average Bonchev–Trinajstić information content (AvgIpc) is 3.60. The van der Waals surface area contributed by atoms with Crippen LogP contribution in [0.4, 0.5) is 0 Å². The molecule has 0 bridgehead atoms. The Labute approximate surface area is 252 Å². The van der Waals surface area contributed by atoms with Gasteiger partial charge in [0, 0.05) is 57.3 Å². The molecule has 0 atom stereocenters. The van der Waals surface area contributed by atoms with Crippen molar-refractivity contribution in [3.63, 3.8) is 0 Å². The number of para-hydroxylation sites is 2. The molecule has 6 heterocycles. The summed E-state index contributed by atoms with van der Waals surface area (Å²) in [5, 5.41) is 3.26. The number of aromatic nitrogens is 6. The van der Waals surface area contributed by atoms with Crippen LogP contribution >= 0.6 is 0 Å². The van der Waals surface area contributed by atoms with E-state index in [9.17, 15) is 0 Å². The van der Waals surface area contributed by atoms with E-state index in [-0.39, 0.29) is 0 Å².